The maximum atomic E-state index is 11.4. The lowest BCUT2D eigenvalue weighted by atomic mass is 10.1. The predicted octanol–water partition coefficient (Wildman–Crippen LogP) is 6.33. The number of rotatable bonds is 14. The largest absolute Gasteiger partial charge is 0.301 e. The summed E-state index contributed by atoms with van der Waals surface area (Å²) in [5.41, 5.74) is -0.0998. The molecule has 0 aliphatic carbocycles. The lowest BCUT2D eigenvalue weighted by molar-refractivity contribution is 0.548. The zero-order valence-electron chi connectivity index (χ0n) is 14.4. The van der Waals surface area contributed by atoms with Crippen molar-refractivity contribution < 1.29 is 0 Å². The lowest BCUT2D eigenvalue weighted by Crippen LogP contribution is -2.08. The van der Waals surface area contributed by atoms with Crippen molar-refractivity contribution in [3.05, 3.63) is 21.0 Å². The van der Waals surface area contributed by atoms with E-state index in [2.05, 4.69) is 32.8 Å². The van der Waals surface area contributed by atoms with Gasteiger partial charge < -0.3 is 4.98 Å². The van der Waals surface area contributed by atoms with Crippen LogP contribution in [0.25, 0.3) is 0 Å². The minimum atomic E-state index is -0.0998. The van der Waals surface area contributed by atoms with Crippen molar-refractivity contribution in [3.63, 3.8) is 0 Å². The van der Waals surface area contributed by atoms with Crippen LogP contribution in [0.2, 0.25) is 0 Å². The van der Waals surface area contributed by atoms with Crippen LogP contribution in [0, 0.1) is 0 Å². The van der Waals surface area contributed by atoms with E-state index in [0.29, 0.717) is 4.47 Å². The van der Waals surface area contributed by atoms with Crippen molar-refractivity contribution in [2.24, 2.45) is 0 Å². The Bertz CT molecular complexity index is 465. The van der Waals surface area contributed by atoms with Gasteiger partial charge in [0.1, 0.15) is 4.47 Å². The van der Waals surface area contributed by atoms with Gasteiger partial charge in [-0.2, -0.15) is 0 Å². The highest BCUT2D eigenvalue weighted by Gasteiger charge is 2.00. The summed E-state index contributed by atoms with van der Waals surface area (Å²) in [5, 5.41) is 0.723. The van der Waals surface area contributed by atoms with Crippen molar-refractivity contribution in [1.82, 2.24) is 9.97 Å². The minimum Gasteiger partial charge on any atom is -0.301 e. The van der Waals surface area contributed by atoms with E-state index in [1.165, 1.54) is 77.0 Å². The fourth-order valence-electron chi connectivity index (χ4n) is 2.55. The Labute approximate surface area is 153 Å². The molecule has 132 valence electrons. The number of nitrogens with one attached hydrogen (secondary N) is 1. The first kappa shape index (κ1) is 20.8. The minimum absolute atomic E-state index is 0.0998. The number of H-pyrrole nitrogens is 1. The molecule has 0 aromatic carbocycles. The third-order valence-electron chi connectivity index (χ3n) is 3.97. The second-order valence-electron chi connectivity index (χ2n) is 6.10. The van der Waals surface area contributed by atoms with Crippen LogP contribution in [-0.2, 0) is 0 Å². The molecule has 0 aliphatic heterocycles. The first-order valence-corrected chi connectivity index (χ1v) is 10.9. The summed E-state index contributed by atoms with van der Waals surface area (Å²) < 4.78 is 0.493. The van der Waals surface area contributed by atoms with Crippen LogP contribution in [-0.4, -0.2) is 15.7 Å². The molecule has 0 saturated heterocycles. The van der Waals surface area contributed by atoms with Gasteiger partial charge in [0.2, 0.25) is 0 Å². The molecule has 0 aliphatic rings. The van der Waals surface area contributed by atoms with E-state index in [0.717, 1.165) is 10.9 Å². The quantitative estimate of drug-likeness (QED) is 0.224. The number of thioether (sulfide) groups is 1. The molecule has 1 aromatic rings. The van der Waals surface area contributed by atoms with Crippen molar-refractivity contribution >= 4 is 27.7 Å². The Morgan fingerprint density at radius 3 is 2.00 bits per heavy atom. The number of halogens is 1. The molecule has 0 fully saturated rings. The molecular formula is C18H31BrN2OS. The second-order valence-corrected chi connectivity index (χ2v) is 8.04. The highest BCUT2D eigenvalue weighted by Crippen LogP contribution is 2.16. The second kappa shape index (κ2) is 14.1. The van der Waals surface area contributed by atoms with Crippen molar-refractivity contribution in [2.45, 2.75) is 89.1 Å². The summed E-state index contributed by atoms with van der Waals surface area (Å²) in [6.45, 7) is 2.27. The van der Waals surface area contributed by atoms with Crippen LogP contribution in [0.1, 0.15) is 84.0 Å². The predicted molar refractivity (Wildman–Crippen MR) is 104 cm³/mol. The Morgan fingerprint density at radius 1 is 0.957 bits per heavy atom. The molecule has 1 rings (SSSR count). The summed E-state index contributed by atoms with van der Waals surface area (Å²) in [5.74, 6) is 1.03. The zero-order chi connectivity index (χ0) is 16.8. The van der Waals surface area contributed by atoms with Crippen LogP contribution >= 0.6 is 27.7 Å². The maximum absolute atomic E-state index is 11.4. The molecular weight excluding hydrogens is 372 g/mol. The fraction of sp³-hybridized carbons (Fsp3) is 0.778. The summed E-state index contributed by atoms with van der Waals surface area (Å²) in [7, 11) is 0. The fourth-order valence-corrected chi connectivity index (χ4v) is 3.58. The number of nitrogens with zero attached hydrogens (tertiary/aromatic N) is 1. The van der Waals surface area contributed by atoms with E-state index in [1.807, 2.05) is 0 Å². The molecule has 1 heterocycles. The van der Waals surface area contributed by atoms with Crippen LogP contribution in [0.15, 0.2) is 20.6 Å². The van der Waals surface area contributed by atoms with Gasteiger partial charge >= 0.3 is 0 Å². The molecule has 1 N–H and O–H groups in total. The lowest BCUT2D eigenvalue weighted by Gasteiger charge is -2.03. The zero-order valence-corrected chi connectivity index (χ0v) is 16.8. The maximum Gasteiger partial charge on any atom is 0.265 e. The van der Waals surface area contributed by atoms with Crippen molar-refractivity contribution in [2.75, 3.05) is 5.75 Å². The van der Waals surface area contributed by atoms with Crippen molar-refractivity contribution in [1.29, 1.82) is 0 Å². The van der Waals surface area contributed by atoms with E-state index in [9.17, 15) is 4.79 Å². The highest BCUT2D eigenvalue weighted by atomic mass is 79.9. The Morgan fingerprint density at radius 2 is 1.48 bits per heavy atom. The topological polar surface area (TPSA) is 45.8 Å². The summed E-state index contributed by atoms with van der Waals surface area (Å²) in [4.78, 5) is 18.4. The average molecular weight is 403 g/mol. The Hall–Kier alpha value is -0.290. The van der Waals surface area contributed by atoms with Gasteiger partial charge in [-0.1, -0.05) is 89.3 Å². The Kier molecular flexibility index (Phi) is 12.7. The molecule has 0 saturated carbocycles. The van der Waals surface area contributed by atoms with Crippen LogP contribution in [0.3, 0.4) is 0 Å². The van der Waals surface area contributed by atoms with Gasteiger partial charge in [-0.05, 0) is 22.4 Å². The number of unbranched alkanes of at least 4 members (excludes halogenated alkanes) is 11. The molecule has 5 heteroatoms. The van der Waals surface area contributed by atoms with E-state index in [-0.39, 0.29) is 5.56 Å². The highest BCUT2D eigenvalue weighted by molar-refractivity contribution is 9.10. The third kappa shape index (κ3) is 11.0. The molecule has 0 amide bonds. The third-order valence-corrected chi connectivity index (χ3v) is 5.51. The van der Waals surface area contributed by atoms with Gasteiger partial charge in [-0.3, -0.25) is 4.79 Å². The molecule has 0 bridgehead atoms. The first-order chi connectivity index (χ1) is 11.2. The van der Waals surface area contributed by atoms with Gasteiger partial charge in [0.25, 0.3) is 5.56 Å². The van der Waals surface area contributed by atoms with Gasteiger partial charge in [-0.15, -0.1) is 0 Å². The molecule has 0 atom stereocenters. The molecule has 0 spiro atoms. The van der Waals surface area contributed by atoms with Gasteiger partial charge in [0, 0.05) is 11.9 Å². The number of hydrogen-bond acceptors (Lipinski definition) is 3. The van der Waals surface area contributed by atoms with Gasteiger partial charge in [-0.25, -0.2) is 4.98 Å². The van der Waals surface area contributed by atoms with E-state index < -0.39 is 0 Å². The number of hydrogen-bond donors (Lipinski definition) is 1. The normalized spacial score (nSPS) is 11.0. The van der Waals surface area contributed by atoms with Crippen LogP contribution < -0.4 is 5.56 Å². The number of aromatic amines is 1. The summed E-state index contributed by atoms with van der Waals surface area (Å²) in [6.07, 6.45) is 18.0. The van der Waals surface area contributed by atoms with Crippen molar-refractivity contribution in [3.8, 4) is 0 Å². The standard InChI is InChI=1S/C18H31BrN2OS/c1-2-3-4-5-6-7-8-9-10-11-12-13-14-23-18-20-15-16(19)17(22)21-18/h15H,2-14H2,1H3,(H,20,21,22). The molecule has 0 unspecified atom stereocenters. The molecule has 23 heavy (non-hydrogen) atoms. The van der Waals surface area contributed by atoms with E-state index in [1.54, 1.807) is 18.0 Å². The van der Waals surface area contributed by atoms with Crippen LogP contribution in [0.4, 0.5) is 0 Å². The number of aromatic nitrogens is 2. The average Bonchev–Trinajstić information content (AvgIpc) is 2.55. The Balaban J connectivity index is 1.86. The molecule has 0 radical (unpaired) electrons. The molecule has 3 nitrogen and oxygen atoms in total. The van der Waals surface area contributed by atoms with E-state index >= 15 is 0 Å². The smallest absolute Gasteiger partial charge is 0.265 e. The SMILES string of the molecule is CCCCCCCCCCCCCCSc1ncc(Br)c(=O)[nH]1. The summed E-state index contributed by atoms with van der Waals surface area (Å²) >= 11 is 4.79. The molecule has 1 aromatic heterocycles. The van der Waals surface area contributed by atoms with Gasteiger partial charge in [0.05, 0.1) is 0 Å². The summed E-state index contributed by atoms with van der Waals surface area (Å²) in [6, 6.07) is 0. The van der Waals surface area contributed by atoms with Crippen LogP contribution in [0.5, 0.6) is 0 Å². The first-order valence-electron chi connectivity index (χ1n) is 9.11. The van der Waals surface area contributed by atoms with Gasteiger partial charge in [0.15, 0.2) is 5.16 Å². The monoisotopic (exact) mass is 402 g/mol. The van der Waals surface area contributed by atoms with E-state index in [4.69, 9.17) is 0 Å².